The molecule has 0 saturated carbocycles. The molecule has 2 aromatic rings. The maximum absolute atomic E-state index is 9.33. The zero-order chi connectivity index (χ0) is 16.4. The number of benzene rings is 1. The van der Waals surface area contributed by atoms with Crippen molar-refractivity contribution >= 4 is 12.2 Å². The highest BCUT2D eigenvalue weighted by Gasteiger charge is 2.26. The van der Waals surface area contributed by atoms with E-state index in [9.17, 15) is 5.11 Å². The number of aliphatic hydroxyl groups excluding tert-OH is 1. The molecule has 23 heavy (non-hydrogen) atoms. The Bertz CT molecular complexity index is 723. The van der Waals surface area contributed by atoms with E-state index < -0.39 is 0 Å². The number of aliphatic hydroxyl groups is 1. The second-order valence-electron chi connectivity index (χ2n) is 5.80. The van der Waals surface area contributed by atoms with Crippen molar-refractivity contribution in [2.45, 2.75) is 32.2 Å². The molecule has 0 amide bonds. The van der Waals surface area contributed by atoms with Gasteiger partial charge in [0.1, 0.15) is 12.4 Å². The highest BCUT2D eigenvalue weighted by Crippen LogP contribution is 2.33. The van der Waals surface area contributed by atoms with Crippen molar-refractivity contribution in [3.05, 3.63) is 40.4 Å². The molecule has 1 N–H and O–H groups in total. The normalized spacial score (nSPS) is 18.5. The molecule has 7 heteroatoms. The summed E-state index contributed by atoms with van der Waals surface area (Å²) in [6.45, 7) is 1.56. The number of hydrogen-bond acceptors (Lipinski definition) is 5. The maximum Gasteiger partial charge on any atom is 0.198 e. The van der Waals surface area contributed by atoms with Crippen LogP contribution < -0.4 is 4.74 Å². The van der Waals surface area contributed by atoms with E-state index in [4.69, 9.17) is 17.0 Å². The van der Waals surface area contributed by atoms with Crippen molar-refractivity contribution in [3.8, 4) is 5.75 Å². The Kier molecular flexibility index (Phi) is 4.79. The minimum absolute atomic E-state index is 0.102. The highest BCUT2D eigenvalue weighted by atomic mass is 32.1. The number of ether oxygens (including phenoxy) is 1. The molecule has 0 radical (unpaired) electrons. The Labute approximate surface area is 140 Å². The van der Waals surface area contributed by atoms with Gasteiger partial charge in [0, 0.05) is 19.6 Å². The van der Waals surface area contributed by atoms with Gasteiger partial charge in [0.15, 0.2) is 10.6 Å². The van der Waals surface area contributed by atoms with Crippen molar-refractivity contribution in [1.82, 2.24) is 19.2 Å². The standard InChI is InChI=1S/C16H22N4O2S/c1-18-15(10-21)17-20(16(18)23)11-19-9-3-4-14(19)12-5-7-13(22-2)8-6-12/h5-8,14,21H,3-4,9-11H2,1-2H3. The molecule has 124 valence electrons. The fraction of sp³-hybridized carbons (Fsp3) is 0.500. The maximum atomic E-state index is 9.33. The number of hydrogen-bond donors (Lipinski definition) is 1. The van der Waals surface area contributed by atoms with Gasteiger partial charge in [-0.2, -0.15) is 5.10 Å². The Balaban J connectivity index is 1.80. The molecule has 1 unspecified atom stereocenters. The smallest absolute Gasteiger partial charge is 0.198 e. The van der Waals surface area contributed by atoms with Crippen molar-refractivity contribution in [2.24, 2.45) is 7.05 Å². The summed E-state index contributed by atoms with van der Waals surface area (Å²) < 4.78 is 9.42. The lowest BCUT2D eigenvalue weighted by Crippen LogP contribution is -2.27. The van der Waals surface area contributed by atoms with Gasteiger partial charge in [0.05, 0.1) is 13.8 Å². The van der Waals surface area contributed by atoms with Crippen LogP contribution >= 0.6 is 12.2 Å². The molecule has 2 heterocycles. The Morgan fingerprint density at radius 3 is 2.70 bits per heavy atom. The zero-order valence-corrected chi connectivity index (χ0v) is 14.3. The van der Waals surface area contributed by atoms with E-state index in [1.165, 1.54) is 5.56 Å². The van der Waals surface area contributed by atoms with Gasteiger partial charge in [0.25, 0.3) is 0 Å². The molecule has 1 aromatic carbocycles. The van der Waals surface area contributed by atoms with E-state index in [-0.39, 0.29) is 6.61 Å². The lowest BCUT2D eigenvalue weighted by Gasteiger charge is -2.24. The average molecular weight is 334 g/mol. The third-order valence-corrected chi connectivity index (χ3v) is 4.94. The first-order valence-corrected chi connectivity index (χ1v) is 8.16. The van der Waals surface area contributed by atoms with Crippen molar-refractivity contribution in [2.75, 3.05) is 13.7 Å². The molecule has 6 nitrogen and oxygen atoms in total. The third-order valence-electron chi connectivity index (χ3n) is 4.45. The van der Waals surface area contributed by atoms with Gasteiger partial charge in [-0.05, 0) is 42.8 Å². The van der Waals surface area contributed by atoms with Crippen LogP contribution in [0.1, 0.15) is 30.3 Å². The van der Waals surface area contributed by atoms with Crippen LogP contribution in [0.5, 0.6) is 5.75 Å². The van der Waals surface area contributed by atoms with Crippen molar-refractivity contribution < 1.29 is 9.84 Å². The van der Waals surface area contributed by atoms with E-state index in [2.05, 4.69) is 22.1 Å². The van der Waals surface area contributed by atoms with Crippen LogP contribution in [0, 0.1) is 4.77 Å². The van der Waals surface area contributed by atoms with Crippen LogP contribution in [0.3, 0.4) is 0 Å². The largest absolute Gasteiger partial charge is 0.497 e. The van der Waals surface area contributed by atoms with Gasteiger partial charge in [-0.25, -0.2) is 4.68 Å². The van der Waals surface area contributed by atoms with Gasteiger partial charge >= 0.3 is 0 Å². The van der Waals surface area contributed by atoms with E-state index in [1.807, 2.05) is 19.2 Å². The molecule has 0 spiro atoms. The fourth-order valence-corrected chi connectivity index (χ4v) is 3.34. The number of methoxy groups -OCH3 is 1. The summed E-state index contributed by atoms with van der Waals surface area (Å²) in [6.07, 6.45) is 2.28. The molecule has 3 rings (SSSR count). The number of aromatic nitrogens is 3. The van der Waals surface area contributed by atoms with Crippen LogP contribution in [0.4, 0.5) is 0 Å². The molecule has 0 bridgehead atoms. The van der Waals surface area contributed by atoms with Crippen LogP contribution in [-0.2, 0) is 20.3 Å². The minimum atomic E-state index is -0.102. The molecule has 1 saturated heterocycles. The predicted octanol–water partition coefficient (Wildman–Crippen LogP) is 2.25. The predicted molar refractivity (Wildman–Crippen MR) is 89.6 cm³/mol. The summed E-state index contributed by atoms with van der Waals surface area (Å²) in [6, 6.07) is 8.61. The second kappa shape index (κ2) is 6.82. The monoisotopic (exact) mass is 334 g/mol. The number of rotatable bonds is 5. The topological polar surface area (TPSA) is 55.4 Å². The lowest BCUT2D eigenvalue weighted by atomic mass is 10.0. The Morgan fingerprint density at radius 2 is 2.09 bits per heavy atom. The molecule has 1 aliphatic heterocycles. The van der Waals surface area contributed by atoms with Gasteiger partial charge in [-0.3, -0.25) is 4.90 Å². The Morgan fingerprint density at radius 1 is 1.35 bits per heavy atom. The molecule has 1 aromatic heterocycles. The first-order valence-electron chi connectivity index (χ1n) is 7.75. The molecule has 1 fully saturated rings. The van der Waals surface area contributed by atoms with Gasteiger partial charge in [-0.15, -0.1) is 0 Å². The second-order valence-corrected chi connectivity index (χ2v) is 6.17. The first kappa shape index (κ1) is 16.2. The van der Waals surface area contributed by atoms with E-state index >= 15 is 0 Å². The Hall–Kier alpha value is -1.70. The van der Waals surface area contributed by atoms with E-state index in [1.54, 1.807) is 16.4 Å². The minimum Gasteiger partial charge on any atom is -0.497 e. The highest BCUT2D eigenvalue weighted by molar-refractivity contribution is 7.71. The molecular weight excluding hydrogens is 312 g/mol. The molecule has 0 aliphatic carbocycles. The van der Waals surface area contributed by atoms with Crippen LogP contribution in [-0.4, -0.2) is 38.0 Å². The SMILES string of the molecule is COc1ccc(C2CCCN2Cn2nc(CO)n(C)c2=S)cc1. The third kappa shape index (κ3) is 3.17. The summed E-state index contributed by atoms with van der Waals surface area (Å²) in [5.74, 6) is 1.47. The van der Waals surface area contributed by atoms with Crippen LogP contribution in [0.25, 0.3) is 0 Å². The lowest BCUT2D eigenvalue weighted by molar-refractivity contribution is 0.188. The van der Waals surface area contributed by atoms with Crippen LogP contribution in [0.15, 0.2) is 24.3 Å². The van der Waals surface area contributed by atoms with Crippen molar-refractivity contribution in [3.63, 3.8) is 0 Å². The van der Waals surface area contributed by atoms with Crippen LogP contribution in [0.2, 0.25) is 0 Å². The number of nitrogens with zero attached hydrogens (tertiary/aromatic N) is 4. The summed E-state index contributed by atoms with van der Waals surface area (Å²) >= 11 is 5.41. The average Bonchev–Trinajstić information content (AvgIpc) is 3.15. The summed E-state index contributed by atoms with van der Waals surface area (Å²) in [5, 5.41) is 13.7. The summed E-state index contributed by atoms with van der Waals surface area (Å²) in [4.78, 5) is 2.38. The summed E-state index contributed by atoms with van der Waals surface area (Å²) in [5.41, 5.74) is 1.29. The van der Waals surface area contributed by atoms with Gasteiger partial charge < -0.3 is 14.4 Å². The summed E-state index contributed by atoms with van der Waals surface area (Å²) in [7, 11) is 3.51. The molecular formula is C16H22N4O2S. The van der Waals surface area contributed by atoms with E-state index in [0.29, 0.717) is 23.3 Å². The van der Waals surface area contributed by atoms with Gasteiger partial charge in [0.2, 0.25) is 0 Å². The number of likely N-dealkylation sites (tertiary alicyclic amines) is 1. The zero-order valence-electron chi connectivity index (χ0n) is 13.5. The quantitative estimate of drug-likeness (QED) is 0.850. The first-order chi connectivity index (χ1) is 11.1. The van der Waals surface area contributed by atoms with E-state index in [0.717, 1.165) is 25.1 Å². The fourth-order valence-electron chi connectivity index (χ4n) is 3.13. The molecule has 1 atom stereocenters. The van der Waals surface area contributed by atoms with Gasteiger partial charge in [-0.1, -0.05) is 12.1 Å². The molecule has 1 aliphatic rings. The van der Waals surface area contributed by atoms with Crippen molar-refractivity contribution in [1.29, 1.82) is 0 Å².